The van der Waals surface area contributed by atoms with E-state index in [0.717, 1.165) is 105 Å². The third-order valence-corrected chi connectivity index (χ3v) is 30.9. The van der Waals surface area contributed by atoms with Gasteiger partial charge in [0.15, 0.2) is 5.30 Å². The number of anilines is 2. The van der Waals surface area contributed by atoms with Crippen LogP contribution in [-0.4, -0.2) is 101 Å². The number of amides is 8. The van der Waals surface area contributed by atoms with Gasteiger partial charge in [0.2, 0.25) is 10.8 Å². The Hall–Kier alpha value is -17.2. The van der Waals surface area contributed by atoms with Crippen LogP contribution in [0.25, 0.3) is 89.0 Å². The highest BCUT2D eigenvalue weighted by Gasteiger charge is 2.75. The number of benzene rings is 16. The lowest BCUT2D eigenvalue weighted by Crippen LogP contribution is -2.55. The Labute approximate surface area is 855 Å². The first-order chi connectivity index (χ1) is 71.5. The molecule has 150 heavy (non-hydrogen) atoms. The number of imide groups is 4. The zero-order chi connectivity index (χ0) is 106. The summed E-state index contributed by atoms with van der Waals surface area (Å²) in [5.41, 5.74) is -11.1. The average Bonchev–Trinajstić information content (AvgIpc) is 1.37. The van der Waals surface area contributed by atoms with Crippen molar-refractivity contribution in [3.05, 3.63) is 441 Å². The summed E-state index contributed by atoms with van der Waals surface area (Å²) < 4.78 is 201. The molecule has 0 spiro atoms. The van der Waals surface area contributed by atoms with E-state index in [1.54, 1.807) is 68.4 Å². The van der Waals surface area contributed by atoms with E-state index in [2.05, 4.69) is 24.2 Å². The number of alkyl halides is 12. The second-order valence-electron chi connectivity index (χ2n) is 37.7. The van der Waals surface area contributed by atoms with Crippen molar-refractivity contribution in [1.82, 2.24) is 9.80 Å². The molecule has 27 heteroatoms. The van der Waals surface area contributed by atoms with E-state index in [0.29, 0.717) is 115 Å². The minimum absolute atomic E-state index is 0.0567. The molecule has 13 nitrogen and oxygen atoms in total. The van der Waals surface area contributed by atoms with Gasteiger partial charge in [0, 0.05) is 27.6 Å². The molecular weight excluding hydrogens is 1970 g/mol. The highest BCUT2D eigenvalue weighted by atomic mass is 31.1. The van der Waals surface area contributed by atoms with Gasteiger partial charge in [-0.1, -0.05) is 239 Å². The summed E-state index contributed by atoms with van der Waals surface area (Å²) in [7, 11) is -1.17. The molecule has 740 valence electrons. The minimum Gasteiger partial charge on any atom is -0.457 e. The van der Waals surface area contributed by atoms with Crippen LogP contribution in [0, 0.1) is 24.7 Å². The van der Waals surface area contributed by atoms with E-state index in [9.17, 15) is 28.8 Å². The molecule has 0 aromatic heterocycles. The van der Waals surface area contributed by atoms with Crippen LogP contribution in [0.4, 0.5) is 64.1 Å². The first kappa shape index (κ1) is 100. The lowest BCUT2D eigenvalue weighted by atomic mass is 9.71. The quantitative estimate of drug-likeness (QED) is 0.0279. The maximum absolute atomic E-state index is 16.2. The number of hydrogen-bond acceptors (Lipinski definition) is 9. The van der Waals surface area contributed by atoms with Crippen LogP contribution in [0.15, 0.2) is 352 Å². The number of terminal acetylenes is 2. The number of ether oxygens (including phenoxy) is 1. The molecule has 4 aliphatic rings. The van der Waals surface area contributed by atoms with Crippen molar-refractivity contribution in [2.75, 3.05) is 23.1 Å². The normalized spacial score (nSPS) is 14.1. The van der Waals surface area contributed by atoms with Crippen LogP contribution in [0.1, 0.15) is 155 Å². The van der Waals surface area contributed by atoms with Crippen molar-refractivity contribution >= 4 is 91.7 Å². The summed E-state index contributed by atoms with van der Waals surface area (Å²) in [6, 6.07) is 89.4. The van der Waals surface area contributed by atoms with Crippen LogP contribution < -0.4 is 25.1 Å². The van der Waals surface area contributed by atoms with Gasteiger partial charge in [-0.3, -0.25) is 48.2 Å². The lowest BCUT2D eigenvalue weighted by Gasteiger charge is -2.38. The molecule has 16 aromatic rings. The molecule has 2 atom stereocenters. The zero-order valence-corrected chi connectivity index (χ0v) is 82.2. The van der Waals surface area contributed by atoms with Crippen molar-refractivity contribution in [3.8, 4) is 125 Å². The molecule has 20 rings (SSSR count). The Morgan fingerprint density at radius 3 is 0.980 bits per heavy atom. The Kier molecular flexibility index (Phi) is 24.9. The molecule has 2 unspecified atom stereocenters. The standard InChI is InChI=1S/C123H81F12N4O9P2/c1-10-70-28-24-40-80(60-70)116(3,4)138-112(144)92-58-50-84(66-100(92)114(138)146)119(122(130,131)132,123(133,134)135)83-49-57-91-99(65-83)111(143)137(109(91)141)87-43-27-39-79(63-87)97-69-95(73-32-18-13-19-33-73)104(106(149-7)107(97)150(8)9)77-46-54-89(55-47-77)148-88-52-44-76(45-53-88)103-94(72-30-16-12-17-31-72)68-96(102(74-34-20-14-21-35-74)105(103)75-36-22-15-23-37-75)78-38-26-41-81(62-78)117(5,6)139-113(145)93-59-51-85(67-101(93)115(139)147)118(120(124,125)126,121(127,128)129)82-48-56-90-98(64-82)110(142)136(108(90)140)86-42-25-29-71(11-2)61-86/h1-2,12-69,149H,8H2,3-7,9H3/q+1. The third kappa shape index (κ3) is 16.2. The van der Waals surface area contributed by atoms with Gasteiger partial charge in [-0.15, -0.1) is 12.8 Å². The van der Waals surface area contributed by atoms with Crippen molar-refractivity contribution in [3.63, 3.8) is 0 Å². The fourth-order valence-electron chi connectivity index (χ4n) is 21.3. The molecule has 8 amide bonds. The SMILES string of the molecule is C#Cc1cccc(N2C(=O)c3ccc(C(c4ccc5c(c4)C(=O)N(C(C)(C)c4cccc(-c6cc(-c7ccccc7)c(-c7ccc(Oc8ccc(-c9c(-c%10ccccc%10)cc(-c%10cccc(N%11C(=O)c%12ccc(C(c%13ccc%14c(c%13)C(=O)N(C(C)(C)c%13cccc(C#C)c%13)C%14=O)(C(F)(F)F)C(F)(F)F)cc%12C%11=O)c%10)c([P+](=C)C)c9PC)cc8)cc7)c(-c7ccccc7)c6-c6ccccc6)c4)C5=O)(C(F)(F)F)C(F)(F)F)cc3C2=O)c1. The van der Waals surface area contributed by atoms with E-state index in [1.165, 1.54) is 50.2 Å². The Bertz CT molecular complexity index is 8500. The molecule has 4 heterocycles. The van der Waals surface area contributed by atoms with Crippen molar-refractivity contribution < 1.29 is 95.8 Å². The van der Waals surface area contributed by atoms with E-state index < -0.39 is 168 Å². The minimum atomic E-state index is -6.25. The molecule has 16 aromatic carbocycles. The fourth-order valence-corrected chi connectivity index (χ4v) is 24.2. The van der Waals surface area contributed by atoms with E-state index >= 15 is 62.3 Å². The largest absolute Gasteiger partial charge is 0.457 e. The number of hydrogen-bond donors (Lipinski definition) is 0. The summed E-state index contributed by atoms with van der Waals surface area (Å²) >= 11 is 0. The monoisotopic (exact) mass is 2050 g/mol. The van der Waals surface area contributed by atoms with Crippen molar-refractivity contribution in [1.29, 1.82) is 0 Å². The summed E-state index contributed by atoms with van der Waals surface area (Å²) in [4.78, 5) is 119. The predicted molar refractivity (Wildman–Crippen MR) is 560 cm³/mol. The van der Waals surface area contributed by atoms with Gasteiger partial charge in [0.25, 0.3) is 47.3 Å². The average molecular weight is 2050 g/mol. The maximum Gasteiger partial charge on any atom is 0.411 e. The number of carbonyl (C=O) groups excluding carboxylic acids is 8. The van der Waals surface area contributed by atoms with Crippen molar-refractivity contribution in [2.45, 2.75) is 74.3 Å². The number of fused-ring (bicyclic) bond motifs is 4. The van der Waals surface area contributed by atoms with Gasteiger partial charge < -0.3 is 4.74 Å². The van der Waals surface area contributed by atoms with E-state index in [4.69, 9.17) is 17.6 Å². The van der Waals surface area contributed by atoms with E-state index in [1.807, 2.05) is 195 Å². The van der Waals surface area contributed by atoms with Crippen molar-refractivity contribution in [2.24, 2.45) is 0 Å². The van der Waals surface area contributed by atoms with Gasteiger partial charge in [-0.05, 0) is 279 Å². The van der Waals surface area contributed by atoms with Crippen LogP contribution in [0.5, 0.6) is 11.5 Å². The zero-order valence-electron chi connectivity index (χ0n) is 80.3. The highest BCUT2D eigenvalue weighted by Crippen LogP contribution is 2.61. The van der Waals surface area contributed by atoms with Crippen LogP contribution >= 0.6 is 16.1 Å². The number of nitrogens with zero attached hydrogens (tertiary/aromatic N) is 4. The predicted octanol–water partition coefficient (Wildman–Crippen LogP) is 28.4. The van der Waals surface area contributed by atoms with Gasteiger partial charge in [0.1, 0.15) is 25.7 Å². The van der Waals surface area contributed by atoms with E-state index in [-0.39, 0.29) is 25.5 Å². The molecule has 0 bridgehead atoms. The Morgan fingerprint density at radius 1 is 0.280 bits per heavy atom. The molecule has 0 saturated heterocycles. The summed E-state index contributed by atoms with van der Waals surface area (Å²) in [6.45, 7) is 10.0. The lowest BCUT2D eigenvalue weighted by molar-refractivity contribution is -0.290. The van der Waals surface area contributed by atoms with Crippen LogP contribution in [-0.2, 0) is 21.9 Å². The molecule has 0 fully saturated rings. The molecule has 0 N–H and O–H groups in total. The van der Waals surface area contributed by atoms with Gasteiger partial charge >= 0.3 is 24.7 Å². The highest BCUT2D eigenvalue weighted by molar-refractivity contribution is 7.65. The summed E-state index contributed by atoms with van der Waals surface area (Å²) in [5.74, 6) is -3.15. The molecule has 4 aliphatic heterocycles. The van der Waals surface area contributed by atoms with Gasteiger partial charge in [0.05, 0.1) is 73.3 Å². The number of halogens is 12. The second-order valence-corrected chi connectivity index (χ2v) is 40.6. The molecule has 0 aliphatic carbocycles. The Balaban J connectivity index is 0.611. The second kappa shape index (κ2) is 37.3. The topological polar surface area (TPSA) is 159 Å². The smallest absolute Gasteiger partial charge is 0.411 e. The number of carbonyl (C=O) groups is 8. The third-order valence-electron chi connectivity index (χ3n) is 28.5. The molecule has 0 radical (unpaired) electrons. The Morgan fingerprint density at radius 2 is 0.580 bits per heavy atom. The fraction of sp³-hybridized carbons (Fsp3) is 0.114. The van der Waals surface area contributed by atoms with Crippen LogP contribution in [0.3, 0.4) is 0 Å². The first-order valence-electron chi connectivity index (χ1n) is 47.0. The molecular formula is C123H81F12N4O9P2+. The van der Waals surface area contributed by atoms with Gasteiger partial charge in [-0.25, -0.2) is 9.80 Å². The maximum atomic E-state index is 16.2. The van der Waals surface area contributed by atoms with Gasteiger partial charge in [-0.2, -0.15) is 52.7 Å². The summed E-state index contributed by atoms with van der Waals surface area (Å²) in [6.07, 6.45) is -9.18. The summed E-state index contributed by atoms with van der Waals surface area (Å²) in [5, 5.41) is 1.77. The first-order valence-corrected chi connectivity index (χ1v) is 50.5. The molecule has 0 saturated carbocycles. The number of rotatable bonds is 22. The van der Waals surface area contributed by atoms with Crippen LogP contribution in [0.2, 0.25) is 0 Å².